The maximum Gasteiger partial charge on any atom is 0.418 e. The van der Waals surface area contributed by atoms with Crippen LogP contribution < -0.4 is 15.4 Å². The van der Waals surface area contributed by atoms with Gasteiger partial charge in [-0.15, -0.1) is 0 Å². The molecule has 7 heteroatoms. The van der Waals surface area contributed by atoms with Gasteiger partial charge in [-0.2, -0.15) is 13.2 Å². The quantitative estimate of drug-likeness (QED) is 0.568. The van der Waals surface area contributed by atoms with Crippen molar-refractivity contribution in [2.75, 3.05) is 17.7 Å². The SMILES string of the molecule is COc1cccc(NC(=O)c2ccc(NCc3ccccc3)c(C(F)(F)F)c2)c1. The van der Waals surface area contributed by atoms with Crippen LogP contribution in [0, 0.1) is 0 Å². The summed E-state index contributed by atoms with van der Waals surface area (Å²) in [6.45, 7) is 0.235. The van der Waals surface area contributed by atoms with E-state index in [2.05, 4.69) is 10.6 Å². The Hall–Kier alpha value is -3.48. The minimum Gasteiger partial charge on any atom is -0.497 e. The van der Waals surface area contributed by atoms with E-state index in [0.717, 1.165) is 11.6 Å². The van der Waals surface area contributed by atoms with Gasteiger partial charge in [0.15, 0.2) is 0 Å². The first-order chi connectivity index (χ1) is 13.9. The molecule has 0 aromatic heterocycles. The number of carbonyl (C=O) groups is 1. The summed E-state index contributed by atoms with van der Waals surface area (Å²) >= 11 is 0. The predicted octanol–water partition coefficient (Wildman–Crippen LogP) is 5.58. The summed E-state index contributed by atoms with van der Waals surface area (Å²) in [5, 5.41) is 5.38. The van der Waals surface area contributed by atoms with Crippen molar-refractivity contribution in [1.82, 2.24) is 0 Å². The van der Waals surface area contributed by atoms with Crippen molar-refractivity contribution in [3.8, 4) is 5.75 Å². The molecular formula is C22H19F3N2O2. The summed E-state index contributed by atoms with van der Waals surface area (Å²) in [5.41, 5.74) is 0.200. The summed E-state index contributed by atoms with van der Waals surface area (Å²) in [6, 6.07) is 19.2. The fourth-order valence-electron chi connectivity index (χ4n) is 2.77. The number of hydrogen-bond donors (Lipinski definition) is 2. The highest BCUT2D eigenvalue weighted by Gasteiger charge is 2.34. The van der Waals surface area contributed by atoms with Crippen LogP contribution in [-0.2, 0) is 12.7 Å². The Kier molecular flexibility index (Phi) is 6.07. The molecule has 0 unspecified atom stereocenters. The number of methoxy groups -OCH3 is 1. The molecule has 0 heterocycles. The highest BCUT2D eigenvalue weighted by molar-refractivity contribution is 6.04. The Bertz CT molecular complexity index is 989. The number of ether oxygens (including phenoxy) is 1. The van der Waals surface area contributed by atoms with Gasteiger partial charge in [0.1, 0.15) is 5.75 Å². The van der Waals surface area contributed by atoms with Crippen LogP contribution in [0.3, 0.4) is 0 Å². The van der Waals surface area contributed by atoms with Gasteiger partial charge in [0.2, 0.25) is 0 Å². The van der Waals surface area contributed by atoms with E-state index in [1.807, 2.05) is 30.3 Å². The summed E-state index contributed by atoms with van der Waals surface area (Å²) < 4.78 is 45.7. The van der Waals surface area contributed by atoms with Gasteiger partial charge in [-0.05, 0) is 35.9 Å². The van der Waals surface area contributed by atoms with Crippen LogP contribution in [0.5, 0.6) is 5.75 Å². The summed E-state index contributed by atoms with van der Waals surface area (Å²) in [4.78, 5) is 12.4. The molecular weight excluding hydrogens is 381 g/mol. The fourth-order valence-corrected chi connectivity index (χ4v) is 2.77. The molecule has 0 saturated carbocycles. The minimum absolute atomic E-state index is 0.0840. The molecule has 150 valence electrons. The van der Waals surface area contributed by atoms with Gasteiger partial charge < -0.3 is 15.4 Å². The average Bonchev–Trinajstić information content (AvgIpc) is 2.72. The van der Waals surface area contributed by atoms with E-state index in [1.54, 1.807) is 24.3 Å². The lowest BCUT2D eigenvalue weighted by Crippen LogP contribution is -2.16. The number of rotatable bonds is 6. The Morgan fingerprint density at radius 2 is 1.72 bits per heavy atom. The monoisotopic (exact) mass is 400 g/mol. The Balaban J connectivity index is 1.81. The van der Waals surface area contributed by atoms with Crippen molar-refractivity contribution in [1.29, 1.82) is 0 Å². The van der Waals surface area contributed by atoms with Crippen LogP contribution in [0.4, 0.5) is 24.5 Å². The second-order valence-corrected chi connectivity index (χ2v) is 6.28. The van der Waals surface area contributed by atoms with Crippen LogP contribution >= 0.6 is 0 Å². The number of benzene rings is 3. The molecule has 0 spiro atoms. The van der Waals surface area contributed by atoms with Gasteiger partial charge in [0.05, 0.1) is 12.7 Å². The minimum atomic E-state index is -4.61. The van der Waals surface area contributed by atoms with E-state index in [1.165, 1.54) is 19.2 Å². The number of amides is 1. The molecule has 4 nitrogen and oxygen atoms in total. The van der Waals surface area contributed by atoms with Crippen LogP contribution in [0.15, 0.2) is 72.8 Å². The number of carbonyl (C=O) groups excluding carboxylic acids is 1. The summed E-state index contributed by atoms with van der Waals surface area (Å²) in [5.74, 6) is -0.113. The first-order valence-electron chi connectivity index (χ1n) is 8.81. The normalized spacial score (nSPS) is 11.0. The lowest BCUT2D eigenvalue weighted by Gasteiger charge is -2.16. The van der Waals surface area contributed by atoms with Crippen LogP contribution in [-0.4, -0.2) is 13.0 Å². The molecule has 1 amide bonds. The highest BCUT2D eigenvalue weighted by Crippen LogP contribution is 2.36. The third kappa shape index (κ3) is 5.28. The maximum atomic E-state index is 13.6. The molecule has 3 aromatic rings. The first kappa shape index (κ1) is 20.3. The van der Waals surface area contributed by atoms with Crippen molar-refractivity contribution in [3.05, 3.63) is 89.5 Å². The van der Waals surface area contributed by atoms with Gasteiger partial charge in [-0.1, -0.05) is 36.4 Å². The molecule has 2 N–H and O–H groups in total. The second-order valence-electron chi connectivity index (χ2n) is 6.28. The predicted molar refractivity (Wildman–Crippen MR) is 106 cm³/mol. The molecule has 0 aliphatic rings. The van der Waals surface area contributed by atoms with Crippen molar-refractivity contribution in [3.63, 3.8) is 0 Å². The van der Waals surface area contributed by atoms with E-state index in [0.29, 0.717) is 11.4 Å². The van der Waals surface area contributed by atoms with Crippen LogP contribution in [0.25, 0.3) is 0 Å². The van der Waals surface area contributed by atoms with E-state index >= 15 is 0 Å². The van der Waals surface area contributed by atoms with Crippen molar-refractivity contribution in [2.24, 2.45) is 0 Å². The van der Waals surface area contributed by atoms with E-state index in [9.17, 15) is 18.0 Å². The average molecular weight is 400 g/mol. The maximum absolute atomic E-state index is 13.6. The molecule has 0 aliphatic heterocycles. The summed E-state index contributed by atoms with van der Waals surface area (Å²) in [6.07, 6.45) is -4.61. The molecule has 3 rings (SSSR count). The Labute approximate surface area is 166 Å². The van der Waals surface area contributed by atoms with E-state index in [4.69, 9.17) is 4.74 Å². The molecule has 0 bridgehead atoms. The second kappa shape index (κ2) is 8.68. The lowest BCUT2D eigenvalue weighted by atomic mass is 10.1. The number of halogens is 3. The lowest BCUT2D eigenvalue weighted by molar-refractivity contribution is -0.137. The molecule has 0 atom stereocenters. The molecule has 0 radical (unpaired) electrons. The molecule has 0 fully saturated rings. The fraction of sp³-hybridized carbons (Fsp3) is 0.136. The topological polar surface area (TPSA) is 50.4 Å². The molecule has 3 aromatic carbocycles. The number of hydrogen-bond acceptors (Lipinski definition) is 3. The zero-order chi connectivity index (χ0) is 20.9. The van der Waals surface area contributed by atoms with Gasteiger partial charge in [-0.3, -0.25) is 4.79 Å². The first-order valence-corrected chi connectivity index (χ1v) is 8.81. The van der Waals surface area contributed by atoms with E-state index in [-0.39, 0.29) is 17.8 Å². The largest absolute Gasteiger partial charge is 0.497 e. The Morgan fingerprint density at radius 1 is 0.966 bits per heavy atom. The standard InChI is InChI=1S/C22H19F3N2O2/c1-29-18-9-5-8-17(13-18)27-21(28)16-10-11-20(19(12-16)22(23,24)25)26-14-15-6-3-2-4-7-15/h2-13,26H,14H2,1H3,(H,27,28). The summed E-state index contributed by atoms with van der Waals surface area (Å²) in [7, 11) is 1.48. The third-order valence-corrected chi connectivity index (χ3v) is 4.24. The Morgan fingerprint density at radius 3 is 2.41 bits per heavy atom. The van der Waals surface area contributed by atoms with E-state index < -0.39 is 17.6 Å². The molecule has 29 heavy (non-hydrogen) atoms. The van der Waals surface area contributed by atoms with Crippen molar-refractivity contribution in [2.45, 2.75) is 12.7 Å². The van der Waals surface area contributed by atoms with Crippen LogP contribution in [0.1, 0.15) is 21.5 Å². The zero-order valence-electron chi connectivity index (χ0n) is 15.6. The smallest absolute Gasteiger partial charge is 0.418 e. The zero-order valence-corrected chi connectivity index (χ0v) is 15.6. The highest BCUT2D eigenvalue weighted by atomic mass is 19.4. The van der Waals surface area contributed by atoms with Crippen molar-refractivity contribution < 1.29 is 22.7 Å². The van der Waals surface area contributed by atoms with Gasteiger partial charge in [-0.25, -0.2) is 0 Å². The molecule has 0 saturated heterocycles. The number of anilines is 2. The van der Waals surface area contributed by atoms with Gasteiger partial charge >= 0.3 is 6.18 Å². The van der Waals surface area contributed by atoms with Crippen molar-refractivity contribution >= 4 is 17.3 Å². The third-order valence-electron chi connectivity index (χ3n) is 4.24. The van der Waals surface area contributed by atoms with Gasteiger partial charge in [0.25, 0.3) is 5.91 Å². The van der Waals surface area contributed by atoms with Gasteiger partial charge in [0, 0.05) is 29.5 Å². The number of alkyl halides is 3. The number of nitrogens with one attached hydrogen (secondary N) is 2. The molecule has 0 aliphatic carbocycles. The van der Waals surface area contributed by atoms with Crippen LogP contribution in [0.2, 0.25) is 0 Å².